The van der Waals surface area contributed by atoms with Gasteiger partial charge in [-0.15, -0.1) is 0 Å². The fraction of sp³-hybridized carbons (Fsp3) is 0.395. The zero-order valence-corrected chi connectivity index (χ0v) is 24.7. The number of fused-ring (bicyclic) bond motifs is 3. The molecule has 0 atom stereocenters. The van der Waals surface area contributed by atoms with E-state index < -0.39 is 0 Å². The van der Waals surface area contributed by atoms with Crippen LogP contribution in [-0.4, -0.2) is 0 Å². The van der Waals surface area contributed by atoms with Crippen molar-refractivity contribution in [2.24, 2.45) is 18.9 Å². The van der Waals surface area contributed by atoms with Crippen LogP contribution >= 0.6 is 0 Å². The number of nitrogens with zero attached hydrogens (tertiary/aromatic N) is 1. The molecule has 0 bridgehead atoms. The minimum absolute atomic E-state index is 0.239. The highest BCUT2D eigenvalue weighted by Crippen LogP contribution is 2.44. The van der Waals surface area contributed by atoms with Crippen LogP contribution < -0.4 is 4.57 Å². The summed E-state index contributed by atoms with van der Waals surface area (Å²) in [4.78, 5) is 0. The summed E-state index contributed by atoms with van der Waals surface area (Å²) in [5, 5.41) is 1.98. The first-order valence-electron chi connectivity index (χ1n) is 15.7. The number of aryl methyl sites for hydroxylation is 3. The molecule has 0 unspecified atom stereocenters. The quantitative estimate of drug-likeness (QED) is 0.205. The zero-order valence-electron chi connectivity index (χ0n) is 24.7. The number of rotatable bonds is 4. The average Bonchev–Trinajstić information content (AvgIpc) is 3.37. The molecular weight excluding hydrogens is 505 g/mol. The van der Waals surface area contributed by atoms with E-state index in [9.17, 15) is 0 Å². The van der Waals surface area contributed by atoms with Crippen molar-refractivity contribution in [3.05, 3.63) is 89.4 Å². The van der Waals surface area contributed by atoms with Crippen molar-refractivity contribution in [3.8, 4) is 22.4 Å². The predicted molar refractivity (Wildman–Crippen MR) is 166 cm³/mol. The number of furan rings is 1. The summed E-state index contributed by atoms with van der Waals surface area (Å²) >= 11 is 0. The molecule has 3 heteroatoms. The number of aromatic nitrogens is 1. The van der Waals surface area contributed by atoms with Gasteiger partial charge in [0.15, 0.2) is 6.20 Å². The van der Waals surface area contributed by atoms with Crippen molar-refractivity contribution in [2.45, 2.75) is 77.6 Å². The molecule has 0 amide bonds. The van der Waals surface area contributed by atoms with Crippen LogP contribution in [0.1, 0.15) is 80.4 Å². The van der Waals surface area contributed by atoms with Crippen molar-refractivity contribution in [1.29, 1.82) is 0 Å². The SMILES string of the molecule is Cc1cc[n+](C)c(-c2c(C)ccc3c2oc2c(-c4ccc(C5CCC(C6CCCCC6)CC5)cc4)c(F)ccc23)c1. The smallest absolute Gasteiger partial charge is 0.216 e. The summed E-state index contributed by atoms with van der Waals surface area (Å²) in [6, 6.07) is 20.7. The summed E-state index contributed by atoms with van der Waals surface area (Å²) in [5.74, 6) is 2.28. The second-order valence-electron chi connectivity index (χ2n) is 12.9. The monoisotopic (exact) mass is 546 g/mol. The molecule has 0 spiro atoms. The van der Waals surface area contributed by atoms with E-state index in [1.54, 1.807) is 6.07 Å². The first kappa shape index (κ1) is 26.4. The second kappa shape index (κ2) is 10.7. The van der Waals surface area contributed by atoms with Gasteiger partial charge >= 0.3 is 0 Å². The third kappa shape index (κ3) is 4.78. The summed E-state index contributed by atoms with van der Waals surface area (Å²) in [5.41, 5.74) is 8.78. The van der Waals surface area contributed by atoms with Gasteiger partial charge in [0, 0.05) is 22.9 Å². The van der Waals surface area contributed by atoms with Crippen LogP contribution in [0.4, 0.5) is 4.39 Å². The van der Waals surface area contributed by atoms with Crippen LogP contribution in [0.3, 0.4) is 0 Å². The molecule has 2 nitrogen and oxygen atoms in total. The maximum atomic E-state index is 15.6. The van der Waals surface area contributed by atoms with Crippen LogP contribution in [-0.2, 0) is 7.05 Å². The van der Waals surface area contributed by atoms with Gasteiger partial charge in [-0.1, -0.05) is 68.5 Å². The Morgan fingerprint density at radius 3 is 2.10 bits per heavy atom. The molecule has 5 aromatic rings. The molecule has 3 aromatic carbocycles. The molecule has 210 valence electrons. The van der Waals surface area contributed by atoms with Gasteiger partial charge in [0.1, 0.15) is 24.0 Å². The van der Waals surface area contributed by atoms with Crippen LogP contribution in [0, 0.1) is 31.5 Å². The van der Waals surface area contributed by atoms with Gasteiger partial charge in [0.2, 0.25) is 5.69 Å². The number of hydrogen-bond donors (Lipinski definition) is 0. The van der Waals surface area contributed by atoms with Gasteiger partial charge in [-0.2, -0.15) is 0 Å². The maximum absolute atomic E-state index is 15.6. The first-order valence-corrected chi connectivity index (χ1v) is 15.7. The van der Waals surface area contributed by atoms with E-state index in [0.717, 1.165) is 50.6 Å². The number of halogens is 1. The summed E-state index contributed by atoms with van der Waals surface area (Å²) in [6.45, 7) is 4.23. The lowest BCUT2D eigenvalue weighted by atomic mass is 9.70. The van der Waals surface area contributed by atoms with Gasteiger partial charge in [-0.25, -0.2) is 8.96 Å². The normalized spacial score (nSPS) is 20.2. The molecule has 0 radical (unpaired) electrons. The van der Waals surface area contributed by atoms with E-state index in [0.29, 0.717) is 17.1 Å². The highest BCUT2D eigenvalue weighted by molar-refractivity contribution is 6.13. The lowest BCUT2D eigenvalue weighted by Crippen LogP contribution is -2.30. The Kier molecular flexibility index (Phi) is 6.93. The Hall–Kier alpha value is -3.46. The van der Waals surface area contributed by atoms with Crippen LogP contribution in [0.2, 0.25) is 0 Å². The average molecular weight is 547 g/mol. The topological polar surface area (TPSA) is 17.0 Å². The predicted octanol–water partition coefficient (Wildman–Crippen LogP) is 10.4. The fourth-order valence-corrected chi connectivity index (χ4v) is 7.94. The summed E-state index contributed by atoms with van der Waals surface area (Å²) in [6.07, 6.45) is 14.6. The van der Waals surface area contributed by atoms with Gasteiger partial charge in [0.25, 0.3) is 0 Å². The summed E-state index contributed by atoms with van der Waals surface area (Å²) in [7, 11) is 2.06. The molecule has 2 heterocycles. The summed E-state index contributed by atoms with van der Waals surface area (Å²) < 4.78 is 24.3. The lowest BCUT2D eigenvalue weighted by Gasteiger charge is -2.36. The van der Waals surface area contributed by atoms with Gasteiger partial charge in [-0.3, -0.25) is 0 Å². The standard InChI is InChI=1S/C38H41FNO/c1-24-21-22-40(3)34(23-24)35-25(2)9-18-31-32-19-20-33(39)36(38(32)41-37(31)35)30-16-14-29(15-17-30)28-12-10-27(11-13-28)26-7-5-4-6-8-26/h9,14-23,26-28H,4-8,10-13H2,1-3H3/q+1. The Balaban J connectivity index is 1.23. The van der Waals surface area contributed by atoms with Crippen molar-refractivity contribution in [2.75, 3.05) is 0 Å². The molecule has 2 aromatic heterocycles. The van der Waals surface area contributed by atoms with Crippen molar-refractivity contribution >= 4 is 21.9 Å². The van der Waals surface area contributed by atoms with Gasteiger partial charge in [-0.05, 0) is 91.7 Å². The molecule has 7 rings (SSSR count). The molecule has 0 N–H and O–H groups in total. The van der Waals surface area contributed by atoms with Crippen LogP contribution in [0.5, 0.6) is 0 Å². The highest BCUT2D eigenvalue weighted by atomic mass is 19.1. The Bertz CT molecular complexity index is 1720. The van der Waals surface area contributed by atoms with E-state index in [-0.39, 0.29) is 5.82 Å². The first-order chi connectivity index (χ1) is 20.0. The molecule has 2 aliphatic carbocycles. The van der Waals surface area contributed by atoms with Gasteiger partial charge < -0.3 is 4.42 Å². The van der Waals surface area contributed by atoms with Gasteiger partial charge in [0.05, 0.1) is 11.1 Å². The molecule has 2 aliphatic rings. The van der Waals surface area contributed by atoms with Crippen molar-refractivity contribution < 1.29 is 13.4 Å². The number of benzene rings is 3. The molecular formula is C38H41FNO+. The largest absolute Gasteiger partial charge is 0.454 e. The number of hydrogen-bond acceptors (Lipinski definition) is 1. The molecule has 2 fully saturated rings. The van der Waals surface area contributed by atoms with E-state index in [4.69, 9.17) is 4.42 Å². The van der Waals surface area contributed by atoms with E-state index in [2.05, 4.69) is 80.2 Å². The van der Waals surface area contributed by atoms with E-state index in [1.807, 2.05) is 6.07 Å². The molecule has 41 heavy (non-hydrogen) atoms. The third-order valence-electron chi connectivity index (χ3n) is 10.3. The molecule has 2 saturated carbocycles. The zero-order chi connectivity index (χ0) is 28.1. The highest BCUT2D eigenvalue weighted by Gasteiger charge is 2.29. The van der Waals surface area contributed by atoms with E-state index >= 15 is 4.39 Å². The van der Waals surface area contributed by atoms with E-state index in [1.165, 1.54) is 68.9 Å². The third-order valence-corrected chi connectivity index (χ3v) is 10.3. The Morgan fingerprint density at radius 2 is 1.37 bits per heavy atom. The Labute approximate surface area is 243 Å². The fourth-order valence-electron chi connectivity index (χ4n) is 7.94. The molecule has 0 saturated heterocycles. The lowest BCUT2D eigenvalue weighted by molar-refractivity contribution is -0.660. The molecule has 0 aliphatic heterocycles. The number of pyridine rings is 1. The van der Waals surface area contributed by atoms with Crippen LogP contribution in [0.15, 0.2) is 71.3 Å². The maximum Gasteiger partial charge on any atom is 0.216 e. The van der Waals surface area contributed by atoms with Crippen molar-refractivity contribution in [3.63, 3.8) is 0 Å². The van der Waals surface area contributed by atoms with Crippen molar-refractivity contribution in [1.82, 2.24) is 0 Å². The Morgan fingerprint density at radius 1 is 0.707 bits per heavy atom. The minimum atomic E-state index is -0.239. The second-order valence-corrected chi connectivity index (χ2v) is 12.9. The van der Waals surface area contributed by atoms with Crippen LogP contribution in [0.25, 0.3) is 44.3 Å². The minimum Gasteiger partial charge on any atom is -0.454 e.